The minimum absolute atomic E-state index is 1.09. The summed E-state index contributed by atoms with van der Waals surface area (Å²) in [6, 6.07) is 25.8. The molecule has 0 amide bonds. The van der Waals surface area contributed by atoms with Gasteiger partial charge in [-0.1, -0.05) is 0 Å². The van der Waals surface area contributed by atoms with Gasteiger partial charge in [0.05, 0.1) is 0 Å². The van der Waals surface area contributed by atoms with E-state index >= 15 is 0 Å². The first kappa shape index (κ1) is 26.6. The predicted octanol–water partition coefficient (Wildman–Crippen LogP) is 12.7. The van der Waals surface area contributed by atoms with E-state index in [0.29, 0.717) is 0 Å². The first-order valence-electron chi connectivity index (χ1n) is 17.1. The van der Waals surface area contributed by atoms with Crippen LogP contribution in [0, 0.1) is 0 Å². The summed E-state index contributed by atoms with van der Waals surface area (Å²) in [5.41, 5.74) is 1.49. The van der Waals surface area contributed by atoms with Crippen molar-refractivity contribution >= 4 is 67.5 Å². The molecule has 210 valence electrons. The number of fused-ring (bicyclic) bond motifs is 2. The van der Waals surface area contributed by atoms with Gasteiger partial charge in [-0.05, 0) is 0 Å². The zero-order valence-electron chi connectivity index (χ0n) is 24.8. The average molecular weight is 646 g/mol. The van der Waals surface area contributed by atoms with Crippen molar-refractivity contribution < 1.29 is 0 Å². The minimum atomic E-state index is -2.71. The molecule has 3 aliphatic carbocycles. The van der Waals surface area contributed by atoms with E-state index in [9.17, 15) is 0 Å². The zero-order chi connectivity index (χ0) is 27.2. The van der Waals surface area contributed by atoms with Crippen LogP contribution in [0.5, 0.6) is 0 Å². The van der Waals surface area contributed by atoms with E-state index in [2.05, 4.69) is 76.9 Å². The second-order valence-electron chi connectivity index (χ2n) is 14.0. The van der Waals surface area contributed by atoms with Crippen LogP contribution in [-0.4, -0.2) is 18.4 Å². The Morgan fingerprint density at radius 2 is 0.878 bits per heavy atom. The molecule has 0 radical (unpaired) electrons. The van der Waals surface area contributed by atoms with Gasteiger partial charge < -0.3 is 0 Å². The maximum atomic E-state index is 3.08. The number of hydrogen-bond acceptors (Lipinski definition) is 0. The third kappa shape index (κ3) is 4.45. The van der Waals surface area contributed by atoms with Gasteiger partial charge >= 0.3 is 252 Å². The predicted molar refractivity (Wildman–Crippen MR) is 183 cm³/mol. The molecule has 41 heavy (non-hydrogen) atoms. The van der Waals surface area contributed by atoms with Crippen molar-refractivity contribution in [2.75, 3.05) is 0 Å². The van der Waals surface area contributed by atoms with Crippen LogP contribution < -0.4 is 0 Å². The molecule has 5 aromatic carbocycles. The van der Waals surface area contributed by atoms with Crippen LogP contribution >= 0.6 is 0 Å². The molecule has 0 nitrogen and oxygen atoms in total. The van der Waals surface area contributed by atoms with Crippen molar-refractivity contribution in [1.29, 1.82) is 0 Å². The van der Waals surface area contributed by atoms with Gasteiger partial charge in [-0.2, -0.15) is 0 Å². The van der Waals surface area contributed by atoms with Crippen LogP contribution in [0.1, 0.15) is 102 Å². The first-order chi connectivity index (χ1) is 20.3. The number of benzene rings is 5. The summed E-state index contributed by atoms with van der Waals surface area (Å²) in [5.74, 6) is 0. The average Bonchev–Trinajstić information content (AvgIpc) is 3.05. The van der Waals surface area contributed by atoms with E-state index in [-0.39, 0.29) is 0 Å². The fraction of sp³-hybridized carbons (Fsp3) is 0.450. The summed E-state index contributed by atoms with van der Waals surface area (Å²) in [4.78, 5) is 0. The Bertz CT molecular complexity index is 1600. The molecule has 0 aromatic heterocycles. The summed E-state index contributed by atoms with van der Waals surface area (Å²) < 4.78 is 6.35. The van der Waals surface area contributed by atoms with Gasteiger partial charge in [-0.25, -0.2) is 0 Å². The van der Waals surface area contributed by atoms with Gasteiger partial charge in [0.15, 0.2) is 0 Å². The summed E-state index contributed by atoms with van der Waals surface area (Å²) in [6.45, 7) is 0. The Hall–Kier alpha value is -2.06. The van der Waals surface area contributed by atoms with E-state index in [1.807, 2.05) is 0 Å². The summed E-state index contributed by atoms with van der Waals surface area (Å²) >= 11 is -2.71. The van der Waals surface area contributed by atoms with Crippen LogP contribution in [0.15, 0.2) is 70.8 Å². The first-order valence-corrected chi connectivity index (χ1v) is 23.7. The third-order valence-electron chi connectivity index (χ3n) is 12.0. The maximum absolute atomic E-state index is 3.08. The SMILES string of the molecule is C(=[CH]\[Sn]([CH]1CCCCC1)([CH]1CCCCC1)[CH]1CCCCC1)/c1ccc2c3cccc4cccc(c5cccc1c52)c43. The van der Waals surface area contributed by atoms with Gasteiger partial charge in [-0.3, -0.25) is 0 Å². The van der Waals surface area contributed by atoms with E-state index in [1.54, 1.807) is 38.5 Å². The summed E-state index contributed by atoms with van der Waals surface area (Å²) in [7, 11) is 0. The molecular formula is C40H46Sn. The molecule has 0 aliphatic heterocycles. The van der Waals surface area contributed by atoms with Crippen LogP contribution in [-0.2, 0) is 0 Å². The van der Waals surface area contributed by atoms with Crippen molar-refractivity contribution in [2.24, 2.45) is 0 Å². The van der Waals surface area contributed by atoms with Crippen molar-refractivity contribution in [3.8, 4) is 0 Å². The molecule has 0 atom stereocenters. The quantitative estimate of drug-likeness (QED) is 0.101. The molecule has 5 aromatic rings. The second kappa shape index (κ2) is 11.2. The molecule has 3 fully saturated rings. The van der Waals surface area contributed by atoms with Crippen LogP contribution in [0.4, 0.5) is 0 Å². The van der Waals surface area contributed by atoms with E-state index in [1.165, 1.54) is 106 Å². The van der Waals surface area contributed by atoms with Gasteiger partial charge in [0.1, 0.15) is 0 Å². The summed E-state index contributed by atoms with van der Waals surface area (Å²) in [6.07, 6.45) is 25.5. The van der Waals surface area contributed by atoms with Crippen LogP contribution in [0.25, 0.3) is 49.2 Å². The Morgan fingerprint density at radius 1 is 0.439 bits per heavy atom. The second-order valence-corrected chi connectivity index (χ2v) is 27.6. The molecule has 0 N–H and O–H groups in total. The molecular weight excluding hydrogens is 599 g/mol. The molecule has 1 heteroatoms. The topological polar surface area (TPSA) is 0 Å². The van der Waals surface area contributed by atoms with Crippen molar-refractivity contribution in [3.05, 3.63) is 76.4 Å². The fourth-order valence-corrected chi connectivity index (χ4v) is 31.7. The van der Waals surface area contributed by atoms with Crippen molar-refractivity contribution in [1.82, 2.24) is 0 Å². The standard InChI is InChI=1S/C22H13.3C6H11.Sn/c1-2-14-12-13-20-18-10-4-7-15-6-3-9-17(21(15)18)19-11-5-8-16(14)22(19)20;3*1-2-4-6-5-3-1;/h1-13H;3*1H,2-6H2;. The molecule has 8 rings (SSSR count). The normalized spacial score (nSPS) is 20.8. The molecule has 0 saturated heterocycles. The molecule has 3 saturated carbocycles. The Kier molecular flexibility index (Phi) is 7.26. The Labute approximate surface area is 250 Å². The van der Waals surface area contributed by atoms with E-state index in [4.69, 9.17) is 0 Å². The molecule has 0 bridgehead atoms. The molecule has 3 aliphatic rings. The van der Waals surface area contributed by atoms with Crippen molar-refractivity contribution in [2.45, 2.75) is 108 Å². The molecule has 0 spiro atoms. The van der Waals surface area contributed by atoms with Gasteiger partial charge in [0.2, 0.25) is 0 Å². The Balaban J connectivity index is 1.32. The summed E-state index contributed by atoms with van der Waals surface area (Å²) in [5, 5.41) is 11.4. The van der Waals surface area contributed by atoms with E-state index in [0.717, 1.165) is 11.8 Å². The Morgan fingerprint density at radius 3 is 1.41 bits per heavy atom. The van der Waals surface area contributed by atoms with Crippen LogP contribution in [0.2, 0.25) is 11.8 Å². The van der Waals surface area contributed by atoms with Gasteiger partial charge in [-0.15, -0.1) is 0 Å². The van der Waals surface area contributed by atoms with Crippen LogP contribution in [0.3, 0.4) is 0 Å². The number of hydrogen-bond donors (Lipinski definition) is 0. The van der Waals surface area contributed by atoms with E-state index < -0.39 is 18.4 Å². The fourth-order valence-electron chi connectivity index (χ4n) is 10.3. The van der Waals surface area contributed by atoms with Gasteiger partial charge in [0.25, 0.3) is 0 Å². The molecule has 0 unspecified atom stereocenters. The number of rotatable bonds is 5. The molecule has 0 heterocycles. The van der Waals surface area contributed by atoms with Gasteiger partial charge in [0, 0.05) is 0 Å². The zero-order valence-corrected chi connectivity index (χ0v) is 27.7. The monoisotopic (exact) mass is 646 g/mol. The van der Waals surface area contributed by atoms with Crippen molar-refractivity contribution in [3.63, 3.8) is 0 Å². The third-order valence-corrected chi connectivity index (χ3v) is 31.2.